The molecule has 0 spiro atoms. The van der Waals surface area contributed by atoms with Gasteiger partial charge in [0.25, 0.3) is 11.8 Å². The van der Waals surface area contributed by atoms with Crippen LogP contribution < -0.4 is 10.2 Å². The summed E-state index contributed by atoms with van der Waals surface area (Å²) in [5, 5.41) is 13.2. The second kappa shape index (κ2) is 6.14. The molecule has 0 bridgehead atoms. The van der Waals surface area contributed by atoms with Gasteiger partial charge in [0, 0.05) is 28.4 Å². The van der Waals surface area contributed by atoms with Gasteiger partial charge in [0.2, 0.25) is 5.60 Å². The Morgan fingerprint density at radius 3 is 2.70 bits per heavy atom. The number of benzene rings is 1. The molecule has 1 aliphatic rings. The molecular weight excluding hydrogens is 312 g/mol. The second-order valence-corrected chi connectivity index (χ2v) is 6.97. The number of nitrogens with zero attached hydrogens (tertiary/aromatic N) is 1. The lowest BCUT2D eigenvalue weighted by molar-refractivity contribution is -0.149. The lowest BCUT2D eigenvalue weighted by atomic mass is 10.0. The first-order valence-electron chi connectivity index (χ1n) is 7.44. The fourth-order valence-corrected chi connectivity index (χ4v) is 3.49. The third-order valence-corrected chi connectivity index (χ3v) is 4.96. The number of rotatable bonds is 4. The summed E-state index contributed by atoms with van der Waals surface area (Å²) in [5.74, 6) is -1.20. The zero-order valence-electron chi connectivity index (χ0n) is 12.8. The molecule has 120 valence electrons. The summed E-state index contributed by atoms with van der Waals surface area (Å²) in [6.07, 6.45) is 0.0933. The summed E-state index contributed by atoms with van der Waals surface area (Å²) in [4.78, 5) is 28.4. The molecule has 3 rings (SSSR count). The van der Waals surface area contributed by atoms with Crippen molar-refractivity contribution in [3.8, 4) is 0 Å². The number of thiophene rings is 1. The van der Waals surface area contributed by atoms with Crippen LogP contribution in [0.15, 0.2) is 42.5 Å². The lowest BCUT2D eigenvalue weighted by Gasteiger charge is -2.21. The van der Waals surface area contributed by atoms with Crippen LogP contribution in [-0.4, -0.2) is 29.1 Å². The molecule has 2 heterocycles. The third kappa shape index (κ3) is 3.00. The van der Waals surface area contributed by atoms with Gasteiger partial charge in [-0.2, -0.15) is 0 Å². The standard InChI is InChI=1S/C17H18N2O3S/c1-12-7-8-14(23-12)11-18-15(20)17(22)9-10-19(16(17)21)13-5-3-2-4-6-13/h2-8,22H,9-11H2,1H3,(H,18,20). The summed E-state index contributed by atoms with van der Waals surface area (Å²) < 4.78 is 0. The first-order chi connectivity index (χ1) is 11.0. The lowest BCUT2D eigenvalue weighted by Crippen LogP contribution is -2.52. The molecule has 1 unspecified atom stereocenters. The Balaban J connectivity index is 1.69. The first kappa shape index (κ1) is 15.7. The van der Waals surface area contributed by atoms with Crippen LogP contribution in [0.1, 0.15) is 16.2 Å². The number of amides is 2. The van der Waals surface area contributed by atoms with Crippen molar-refractivity contribution in [2.45, 2.75) is 25.5 Å². The minimum atomic E-state index is -1.98. The summed E-state index contributed by atoms with van der Waals surface area (Å²) in [6, 6.07) is 13.0. The topological polar surface area (TPSA) is 69.6 Å². The number of hydrogen-bond acceptors (Lipinski definition) is 4. The Bertz CT molecular complexity index is 728. The number of aryl methyl sites for hydroxylation is 1. The molecule has 2 aromatic rings. The quantitative estimate of drug-likeness (QED) is 0.841. The molecule has 2 N–H and O–H groups in total. The molecule has 0 aliphatic carbocycles. The molecule has 5 nitrogen and oxygen atoms in total. The van der Waals surface area contributed by atoms with E-state index >= 15 is 0 Å². The molecule has 0 radical (unpaired) electrons. The molecular formula is C17H18N2O3S. The highest BCUT2D eigenvalue weighted by atomic mass is 32.1. The van der Waals surface area contributed by atoms with Crippen LogP contribution in [0.2, 0.25) is 0 Å². The van der Waals surface area contributed by atoms with Gasteiger partial charge in [0.1, 0.15) is 0 Å². The fraction of sp³-hybridized carbons (Fsp3) is 0.294. The van der Waals surface area contributed by atoms with Crippen LogP contribution >= 0.6 is 11.3 Å². The van der Waals surface area contributed by atoms with Gasteiger partial charge in [0.15, 0.2) is 0 Å². The van der Waals surface area contributed by atoms with Gasteiger partial charge in [0.05, 0.1) is 6.54 Å². The van der Waals surface area contributed by atoms with E-state index in [2.05, 4.69) is 5.32 Å². The van der Waals surface area contributed by atoms with Gasteiger partial charge < -0.3 is 15.3 Å². The van der Waals surface area contributed by atoms with Gasteiger partial charge in [-0.15, -0.1) is 11.3 Å². The number of para-hydroxylation sites is 1. The summed E-state index contributed by atoms with van der Waals surface area (Å²) in [5.41, 5.74) is -1.29. The highest BCUT2D eigenvalue weighted by Gasteiger charge is 2.51. The number of carbonyl (C=O) groups excluding carboxylic acids is 2. The Morgan fingerprint density at radius 2 is 2.04 bits per heavy atom. The van der Waals surface area contributed by atoms with Crippen LogP contribution in [0.25, 0.3) is 0 Å². The molecule has 23 heavy (non-hydrogen) atoms. The van der Waals surface area contributed by atoms with Crippen LogP contribution in [-0.2, 0) is 16.1 Å². The molecule has 1 fully saturated rings. The smallest absolute Gasteiger partial charge is 0.268 e. The third-order valence-electron chi connectivity index (χ3n) is 3.96. The zero-order chi connectivity index (χ0) is 16.4. The van der Waals surface area contributed by atoms with Crippen LogP contribution in [0.5, 0.6) is 0 Å². The van der Waals surface area contributed by atoms with E-state index in [9.17, 15) is 14.7 Å². The van der Waals surface area contributed by atoms with Crippen molar-refractivity contribution >= 4 is 28.8 Å². The van der Waals surface area contributed by atoms with E-state index in [1.54, 1.807) is 23.5 Å². The number of aliphatic hydroxyl groups is 1. The fourth-order valence-electron chi connectivity index (χ4n) is 2.66. The van der Waals surface area contributed by atoms with E-state index < -0.39 is 17.4 Å². The van der Waals surface area contributed by atoms with Gasteiger partial charge in [-0.1, -0.05) is 18.2 Å². The van der Waals surface area contributed by atoms with E-state index in [0.717, 1.165) is 9.75 Å². The summed E-state index contributed by atoms with van der Waals surface area (Å²) in [6.45, 7) is 2.63. The van der Waals surface area contributed by atoms with Gasteiger partial charge >= 0.3 is 0 Å². The molecule has 0 saturated carbocycles. The Kier molecular flexibility index (Phi) is 4.19. The molecule has 1 atom stereocenters. The van der Waals surface area contributed by atoms with E-state index in [-0.39, 0.29) is 6.42 Å². The normalized spacial score (nSPS) is 20.8. The van der Waals surface area contributed by atoms with Crippen LogP contribution in [0.4, 0.5) is 5.69 Å². The maximum atomic E-state index is 12.5. The predicted molar refractivity (Wildman–Crippen MR) is 89.3 cm³/mol. The summed E-state index contributed by atoms with van der Waals surface area (Å²) in [7, 11) is 0. The van der Waals surface area contributed by atoms with Crippen molar-refractivity contribution in [3.05, 3.63) is 52.2 Å². The van der Waals surface area contributed by atoms with Gasteiger partial charge in [-0.3, -0.25) is 9.59 Å². The van der Waals surface area contributed by atoms with Crippen molar-refractivity contribution in [1.29, 1.82) is 0 Å². The van der Waals surface area contributed by atoms with Crippen LogP contribution in [0.3, 0.4) is 0 Å². The van der Waals surface area contributed by atoms with E-state index in [4.69, 9.17) is 0 Å². The minimum absolute atomic E-state index is 0.0933. The highest BCUT2D eigenvalue weighted by Crippen LogP contribution is 2.28. The molecule has 1 saturated heterocycles. The van der Waals surface area contributed by atoms with Gasteiger partial charge in [-0.25, -0.2) is 0 Å². The molecule has 1 aromatic heterocycles. The molecule has 6 heteroatoms. The van der Waals surface area contributed by atoms with Crippen molar-refractivity contribution < 1.29 is 14.7 Å². The van der Waals surface area contributed by atoms with Crippen LogP contribution in [0, 0.1) is 6.92 Å². The largest absolute Gasteiger partial charge is 0.372 e. The minimum Gasteiger partial charge on any atom is -0.372 e. The second-order valence-electron chi connectivity index (χ2n) is 5.60. The van der Waals surface area contributed by atoms with E-state index in [0.29, 0.717) is 18.8 Å². The maximum Gasteiger partial charge on any atom is 0.268 e. The van der Waals surface area contributed by atoms with Gasteiger partial charge in [-0.05, 0) is 31.2 Å². The number of anilines is 1. The average molecular weight is 330 g/mol. The highest BCUT2D eigenvalue weighted by molar-refractivity contribution is 7.11. The number of hydrogen-bond donors (Lipinski definition) is 2. The maximum absolute atomic E-state index is 12.5. The van der Waals surface area contributed by atoms with E-state index in [1.165, 1.54) is 4.90 Å². The first-order valence-corrected chi connectivity index (χ1v) is 8.25. The Morgan fingerprint density at radius 1 is 1.30 bits per heavy atom. The van der Waals surface area contributed by atoms with Crippen molar-refractivity contribution in [3.63, 3.8) is 0 Å². The Labute approximate surface area is 138 Å². The zero-order valence-corrected chi connectivity index (χ0v) is 13.6. The Hall–Kier alpha value is -2.18. The SMILES string of the molecule is Cc1ccc(CNC(=O)C2(O)CCN(c3ccccc3)C2=O)s1. The predicted octanol–water partition coefficient (Wildman–Crippen LogP) is 1.84. The number of carbonyl (C=O) groups is 2. The van der Waals surface area contributed by atoms with Crippen molar-refractivity contribution in [2.75, 3.05) is 11.4 Å². The van der Waals surface area contributed by atoms with E-state index in [1.807, 2.05) is 37.3 Å². The average Bonchev–Trinajstić information content (AvgIpc) is 3.11. The molecule has 1 aromatic carbocycles. The van der Waals surface area contributed by atoms with Crippen molar-refractivity contribution in [2.24, 2.45) is 0 Å². The molecule has 1 aliphatic heterocycles. The molecule has 2 amide bonds. The summed E-state index contributed by atoms with van der Waals surface area (Å²) >= 11 is 1.58. The number of nitrogens with one attached hydrogen (secondary N) is 1. The monoisotopic (exact) mass is 330 g/mol. The van der Waals surface area contributed by atoms with Crippen molar-refractivity contribution in [1.82, 2.24) is 5.32 Å².